The molecule has 0 saturated carbocycles. The van der Waals surface area contributed by atoms with Crippen LogP contribution >= 0.6 is 0 Å². The van der Waals surface area contributed by atoms with Crippen molar-refractivity contribution in [1.29, 1.82) is 0 Å². The molecule has 81 valence electrons. The van der Waals surface area contributed by atoms with Gasteiger partial charge in [0.05, 0.1) is 0 Å². The Hall–Kier alpha value is -0.520. The molecule has 0 aliphatic rings. The first kappa shape index (κ1) is 13.5. The zero-order valence-electron chi connectivity index (χ0n) is 9.67. The van der Waals surface area contributed by atoms with Crippen LogP contribution in [-0.2, 0) is 0 Å². The number of rotatable bonds is 9. The lowest BCUT2D eigenvalue weighted by molar-refractivity contribution is 0.651. The van der Waals surface area contributed by atoms with Gasteiger partial charge in [0.15, 0.2) is 0 Å². The number of unbranched alkanes of at least 4 members (excludes halogenated alkanes) is 6. The Morgan fingerprint density at radius 2 is 1.43 bits per heavy atom. The van der Waals surface area contributed by atoms with Crippen molar-refractivity contribution in [2.45, 2.75) is 58.3 Å². The number of allylic oxidation sites excluding steroid dienone is 4. The van der Waals surface area contributed by atoms with Crippen LogP contribution in [0, 0.1) is 6.92 Å². The van der Waals surface area contributed by atoms with Crippen molar-refractivity contribution in [3.05, 3.63) is 31.2 Å². The van der Waals surface area contributed by atoms with E-state index in [0.717, 1.165) is 6.42 Å². The lowest BCUT2D eigenvalue weighted by atomic mass is 10.1. The first-order chi connectivity index (χ1) is 6.91. The van der Waals surface area contributed by atoms with Crippen LogP contribution in [0.2, 0.25) is 0 Å². The Kier molecular flexibility index (Phi) is 12.0. The highest BCUT2D eigenvalue weighted by Gasteiger charge is 1.86. The van der Waals surface area contributed by atoms with Crippen molar-refractivity contribution >= 4 is 0 Å². The fourth-order valence-electron chi connectivity index (χ4n) is 1.39. The molecule has 0 saturated heterocycles. The number of hydrogen-bond donors (Lipinski definition) is 0. The molecule has 0 bridgehead atoms. The van der Waals surface area contributed by atoms with Gasteiger partial charge in [-0.2, -0.15) is 0 Å². The zero-order valence-corrected chi connectivity index (χ0v) is 9.67. The first-order valence-corrected chi connectivity index (χ1v) is 5.97. The molecular formula is C14H25. The van der Waals surface area contributed by atoms with Crippen LogP contribution in [0.25, 0.3) is 0 Å². The molecule has 0 aromatic heterocycles. The molecule has 0 fully saturated rings. The van der Waals surface area contributed by atoms with E-state index in [1.54, 1.807) is 0 Å². The zero-order chi connectivity index (χ0) is 10.5. The summed E-state index contributed by atoms with van der Waals surface area (Å²) < 4.78 is 0. The smallest absolute Gasteiger partial charge is 0.0316 e. The van der Waals surface area contributed by atoms with Crippen LogP contribution in [0.3, 0.4) is 0 Å². The maximum atomic E-state index is 3.84. The molecule has 0 heterocycles. The third-order valence-electron chi connectivity index (χ3n) is 2.27. The molecule has 0 nitrogen and oxygen atoms in total. The van der Waals surface area contributed by atoms with E-state index in [9.17, 15) is 0 Å². The third-order valence-corrected chi connectivity index (χ3v) is 2.27. The summed E-state index contributed by atoms with van der Waals surface area (Å²) in [6.45, 7) is 5.92. The largest absolute Gasteiger partial charge is 0.0917 e. The molecule has 0 aromatic rings. The fraction of sp³-hybridized carbons (Fsp3) is 0.643. The van der Waals surface area contributed by atoms with Crippen molar-refractivity contribution in [2.24, 2.45) is 0 Å². The number of hydrogen-bond acceptors (Lipinski definition) is 0. The summed E-state index contributed by atoms with van der Waals surface area (Å²) in [4.78, 5) is 0. The van der Waals surface area contributed by atoms with Gasteiger partial charge in [-0.1, -0.05) is 56.9 Å². The minimum Gasteiger partial charge on any atom is -0.0917 e. The molecule has 0 atom stereocenters. The lowest BCUT2D eigenvalue weighted by Gasteiger charge is -1.95. The summed E-state index contributed by atoms with van der Waals surface area (Å²) in [5.41, 5.74) is 0. The lowest BCUT2D eigenvalue weighted by Crippen LogP contribution is -1.76. The van der Waals surface area contributed by atoms with E-state index in [2.05, 4.69) is 38.2 Å². The van der Waals surface area contributed by atoms with Crippen molar-refractivity contribution in [2.75, 3.05) is 0 Å². The molecular weight excluding hydrogens is 168 g/mol. The standard InChI is InChI=1S/C14H25/c1-3-5-7-9-11-13-14-12-10-8-6-4-2/h4,6,12,14H,1,3,5,7-11,13H2,2H3. The second-order valence-electron chi connectivity index (χ2n) is 3.67. The highest BCUT2D eigenvalue weighted by Crippen LogP contribution is 2.05. The molecule has 0 spiro atoms. The van der Waals surface area contributed by atoms with E-state index < -0.39 is 0 Å². The average Bonchev–Trinajstić information content (AvgIpc) is 2.21. The van der Waals surface area contributed by atoms with Gasteiger partial charge in [0.2, 0.25) is 0 Å². The fourth-order valence-corrected chi connectivity index (χ4v) is 1.39. The van der Waals surface area contributed by atoms with E-state index in [1.165, 1.54) is 44.9 Å². The van der Waals surface area contributed by atoms with Crippen molar-refractivity contribution in [3.63, 3.8) is 0 Å². The Balaban J connectivity index is 3.03. The molecule has 0 aliphatic heterocycles. The Morgan fingerprint density at radius 1 is 0.786 bits per heavy atom. The maximum absolute atomic E-state index is 3.84. The topological polar surface area (TPSA) is 0 Å². The van der Waals surface area contributed by atoms with E-state index in [1.807, 2.05) is 0 Å². The summed E-state index contributed by atoms with van der Waals surface area (Å²) in [6, 6.07) is 0. The molecule has 0 aliphatic carbocycles. The van der Waals surface area contributed by atoms with Gasteiger partial charge >= 0.3 is 0 Å². The predicted octanol–water partition coefficient (Wildman–Crippen LogP) is 5.07. The van der Waals surface area contributed by atoms with Gasteiger partial charge in [0, 0.05) is 0 Å². The van der Waals surface area contributed by atoms with Crippen LogP contribution < -0.4 is 0 Å². The maximum Gasteiger partial charge on any atom is -0.0316 e. The second-order valence-corrected chi connectivity index (χ2v) is 3.67. The van der Waals surface area contributed by atoms with Gasteiger partial charge in [0.1, 0.15) is 0 Å². The van der Waals surface area contributed by atoms with Gasteiger partial charge in [-0.15, -0.1) is 0 Å². The van der Waals surface area contributed by atoms with E-state index in [-0.39, 0.29) is 0 Å². The molecule has 0 unspecified atom stereocenters. The molecule has 0 N–H and O–H groups in total. The van der Waals surface area contributed by atoms with Crippen molar-refractivity contribution in [3.8, 4) is 0 Å². The predicted molar refractivity (Wildman–Crippen MR) is 66.2 cm³/mol. The van der Waals surface area contributed by atoms with Crippen LogP contribution in [0.5, 0.6) is 0 Å². The first-order valence-electron chi connectivity index (χ1n) is 5.97. The summed E-state index contributed by atoms with van der Waals surface area (Å²) >= 11 is 0. The Morgan fingerprint density at radius 3 is 2.14 bits per heavy atom. The molecule has 14 heavy (non-hydrogen) atoms. The summed E-state index contributed by atoms with van der Waals surface area (Å²) in [5.74, 6) is 0. The monoisotopic (exact) mass is 193 g/mol. The third kappa shape index (κ3) is 11.5. The van der Waals surface area contributed by atoms with Crippen LogP contribution in [0.15, 0.2) is 24.3 Å². The molecule has 0 amide bonds. The SMILES string of the molecule is [CH2]CCCCCCC=CCCC=CC. The summed E-state index contributed by atoms with van der Waals surface area (Å²) in [5, 5.41) is 0. The second kappa shape index (κ2) is 12.5. The average molecular weight is 193 g/mol. The quantitative estimate of drug-likeness (QED) is 0.354. The van der Waals surface area contributed by atoms with Gasteiger partial charge in [-0.05, 0) is 32.6 Å². The van der Waals surface area contributed by atoms with E-state index in [0.29, 0.717) is 0 Å². The summed E-state index contributed by atoms with van der Waals surface area (Å²) in [7, 11) is 0. The van der Waals surface area contributed by atoms with E-state index in [4.69, 9.17) is 0 Å². The minimum absolute atomic E-state index is 1.10. The van der Waals surface area contributed by atoms with Crippen LogP contribution in [-0.4, -0.2) is 0 Å². The van der Waals surface area contributed by atoms with Crippen LogP contribution in [0.4, 0.5) is 0 Å². The van der Waals surface area contributed by atoms with Crippen LogP contribution in [0.1, 0.15) is 58.3 Å². The highest BCUT2D eigenvalue weighted by atomic mass is 13.9. The molecule has 1 radical (unpaired) electrons. The van der Waals surface area contributed by atoms with E-state index >= 15 is 0 Å². The Bertz CT molecular complexity index is 142. The minimum atomic E-state index is 1.10. The van der Waals surface area contributed by atoms with Crippen molar-refractivity contribution in [1.82, 2.24) is 0 Å². The van der Waals surface area contributed by atoms with Gasteiger partial charge in [0.25, 0.3) is 0 Å². The normalized spacial score (nSPS) is 11.9. The van der Waals surface area contributed by atoms with Crippen molar-refractivity contribution < 1.29 is 0 Å². The molecule has 0 rings (SSSR count). The van der Waals surface area contributed by atoms with Gasteiger partial charge in [-0.25, -0.2) is 0 Å². The highest BCUT2D eigenvalue weighted by molar-refractivity contribution is 4.86. The molecule has 0 heteroatoms. The van der Waals surface area contributed by atoms with Gasteiger partial charge in [-0.3, -0.25) is 0 Å². The summed E-state index contributed by atoms with van der Waals surface area (Å²) in [6.07, 6.45) is 19.1. The molecule has 0 aromatic carbocycles. The Labute approximate surface area is 90.1 Å². The van der Waals surface area contributed by atoms with Gasteiger partial charge < -0.3 is 0 Å².